The number of hydrogen-bond donors (Lipinski definition) is 3. The van der Waals surface area contributed by atoms with Gasteiger partial charge in [0.2, 0.25) is 10.0 Å². The lowest BCUT2D eigenvalue weighted by atomic mass is 10.1. The molecular formula is C21H21N5O6S. The number of nitrogens with zero attached hydrogens (tertiary/aromatic N) is 2. The summed E-state index contributed by atoms with van der Waals surface area (Å²) >= 11 is 0. The predicted molar refractivity (Wildman–Crippen MR) is 118 cm³/mol. The number of nitrogens with one attached hydrogen (secondary N) is 2. The summed E-state index contributed by atoms with van der Waals surface area (Å²) in [7, 11) is -2.29. The second-order valence-corrected chi connectivity index (χ2v) is 8.49. The van der Waals surface area contributed by atoms with Crippen molar-refractivity contribution in [2.75, 3.05) is 13.6 Å². The van der Waals surface area contributed by atoms with Gasteiger partial charge in [-0.05, 0) is 36.2 Å². The van der Waals surface area contributed by atoms with Crippen molar-refractivity contribution in [1.82, 2.24) is 15.9 Å². The van der Waals surface area contributed by atoms with Crippen LogP contribution in [0.3, 0.4) is 0 Å². The Morgan fingerprint density at radius 1 is 1.15 bits per heavy atom. The quantitative estimate of drug-likeness (QED) is 0.378. The monoisotopic (exact) mass is 471 g/mol. The average Bonchev–Trinajstić information content (AvgIpc) is 3.10. The Morgan fingerprint density at radius 2 is 1.82 bits per heavy atom. The van der Waals surface area contributed by atoms with Gasteiger partial charge >= 0.3 is 5.97 Å². The van der Waals surface area contributed by atoms with Crippen LogP contribution in [-0.2, 0) is 30.9 Å². The number of aliphatic imine (C=N–C) groups is 1. The van der Waals surface area contributed by atoms with E-state index in [0.717, 1.165) is 11.6 Å². The molecule has 12 heteroatoms. The summed E-state index contributed by atoms with van der Waals surface area (Å²) in [6.45, 7) is 0.161. The summed E-state index contributed by atoms with van der Waals surface area (Å²) in [6.07, 6.45) is 1.52. The number of nitrogens with two attached hydrogens (primary N) is 1. The second-order valence-electron chi connectivity index (χ2n) is 6.93. The maximum absolute atomic E-state index is 12.8. The standard InChI is InChI=1S/C21H21N5O6S/c1-26-18(21(29)32-25-26)13-17(24-19(27)15-5-3-2-4-6-15)20(28)23-12-11-14-7-9-16(10-8-14)33(22,30)31/h2-10,13,25H,11-12H2,1H3,(H,23,28)(H2,22,30,31)/b18-13+,24-17?. The number of sulfonamides is 1. The number of rotatable bonds is 7. The van der Waals surface area contributed by atoms with Gasteiger partial charge in [0.05, 0.1) is 4.90 Å². The molecule has 1 aliphatic rings. The van der Waals surface area contributed by atoms with E-state index in [2.05, 4.69) is 20.7 Å². The third kappa shape index (κ3) is 6.32. The van der Waals surface area contributed by atoms with Crippen LogP contribution in [0.2, 0.25) is 0 Å². The van der Waals surface area contributed by atoms with E-state index in [1.165, 1.54) is 24.2 Å². The van der Waals surface area contributed by atoms with Gasteiger partial charge in [0, 0.05) is 25.2 Å². The minimum absolute atomic E-state index is 0.0108. The van der Waals surface area contributed by atoms with E-state index in [-0.39, 0.29) is 28.4 Å². The molecule has 0 atom stereocenters. The molecule has 1 heterocycles. The van der Waals surface area contributed by atoms with E-state index < -0.39 is 27.8 Å². The van der Waals surface area contributed by atoms with Crippen molar-refractivity contribution in [3.05, 3.63) is 77.5 Å². The van der Waals surface area contributed by atoms with Gasteiger partial charge in [-0.1, -0.05) is 35.9 Å². The molecule has 172 valence electrons. The van der Waals surface area contributed by atoms with Gasteiger partial charge in [-0.25, -0.2) is 23.3 Å². The molecule has 11 nitrogen and oxygen atoms in total. The highest BCUT2D eigenvalue weighted by molar-refractivity contribution is 7.89. The minimum Gasteiger partial charge on any atom is -0.350 e. The summed E-state index contributed by atoms with van der Waals surface area (Å²) in [5.74, 6) is -2.07. The van der Waals surface area contributed by atoms with Crippen LogP contribution in [0.4, 0.5) is 0 Å². The van der Waals surface area contributed by atoms with Crippen LogP contribution in [0.5, 0.6) is 0 Å². The summed E-state index contributed by atoms with van der Waals surface area (Å²) in [6, 6.07) is 14.1. The Kier molecular flexibility index (Phi) is 7.33. The Bertz CT molecular complexity index is 1220. The fourth-order valence-corrected chi connectivity index (χ4v) is 3.31. The van der Waals surface area contributed by atoms with Crippen molar-refractivity contribution in [1.29, 1.82) is 0 Å². The molecule has 2 aromatic carbocycles. The van der Waals surface area contributed by atoms with Crippen molar-refractivity contribution in [2.24, 2.45) is 10.1 Å². The molecule has 4 N–H and O–H groups in total. The fourth-order valence-electron chi connectivity index (χ4n) is 2.79. The molecule has 2 aromatic rings. The van der Waals surface area contributed by atoms with E-state index in [0.29, 0.717) is 6.42 Å². The Balaban J connectivity index is 1.75. The number of amides is 2. The van der Waals surface area contributed by atoms with Gasteiger partial charge in [-0.3, -0.25) is 14.6 Å². The van der Waals surface area contributed by atoms with E-state index >= 15 is 0 Å². The van der Waals surface area contributed by atoms with Crippen LogP contribution in [0, 0.1) is 0 Å². The maximum atomic E-state index is 12.8. The molecule has 1 aliphatic heterocycles. The molecule has 0 aliphatic carbocycles. The van der Waals surface area contributed by atoms with Crippen LogP contribution in [0.25, 0.3) is 0 Å². The first-order valence-electron chi connectivity index (χ1n) is 9.65. The Morgan fingerprint density at radius 3 is 2.39 bits per heavy atom. The number of benzene rings is 2. The highest BCUT2D eigenvalue weighted by Gasteiger charge is 2.26. The topological polar surface area (TPSA) is 160 Å². The van der Waals surface area contributed by atoms with Gasteiger partial charge in [-0.15, -0.1) is 0 Å². The highest BCUT2D eigenvalue weighted by Crippen LogP contribution is 2.11. The number of hydrazine groups is 1. The van der Waals surface area contributed by atoms with Crippen LogP contribution in [-0.4, -0.2) is 50.5 Å². The summed E-state index contributed by atoms with van der Waals surface area (Å²) in [5, 5.41) is 8.95. The lowest BCUT2D eigenvalue weighted by Gasteiger charge is -2.09. The highest BCUT2D eigenvalue weighted by atomic mass is 32.2. The zero-order valence-corrected chi connectivity index (χ0v) is 18.3. The summed E-state index contributed by atoms with van der Waals surface area (Å²) < 4.78 is 22.7. The molecule has 1 fully saturated rings. The number of hydrogen-bond acceptors (Lipinski definition) is 8. The minimum atomic E-state index is -3.79. The Hall–Kier alpha value is -3.87. The summed E-state index contributed by atoms with van der Waals surface area (Å²) in [4.78, 5) is 45.7. The molecule has 0 spiro atoms. The molecule has 1 saturated heterocycles. The first kappa shape index (κ1) is 23.8. The number of primary sulfonamides is 1. The van der Waals surface area contributed by atoms with Gasteiger partial charge < -0.3 is 10.2 Å². The molecular weight excluding hydrogens is 450 g/mol. The summed E-state index contributed by atoms with van der Waals surface area (Å²) in [5.41, 5.74) is 3.06. The van der Waals surface area contributed by atoms with Gasteiger partial charge in [0.25, 0.3) is 11.8 Å². The number of likely N-dealkylation sites (N-methyl/N-ethyl adjacent to an activating group) is 1. The van der Waals surface area contributed by atoms with E-state index in [1.807, 2.05) is 0 Å². The molecule has 0 aromatic heterocycles. The normalized spacial score (nSPS) is 15.5. The second kappa shape index (κ2) is 10.2. The largest absolute Gasteiger partial charge is 0.376 e. The molecule has 3 rings (SSSR count). The smallest absolute Gasteiger partial charge is 0.350 e. The van der Waals surface area contributed by atoms with Crippen LogP contribution >= 0.6 is 0 Å². The zero-order valence-electron chi connectivity index (χ0n) is 17.5. The van der Waals surface area contributed by atoms with E-state index in [9.17, 15) is 22.8 Å². The van der Waals surface area contributed by atoms with Gasteiger partial charge in [-0.2, -0.15) is 0 Å². The average molecular weight is 471 g/mol. The van der Waals surface area contributed by atoms with E-state index in [4.69, 9.17) is 5.14 Å². The van der Waals surface area contributed by atoms with Crippen molar-refractivity contribution in [3.8, 4) is 0 Å². The van der Waals surface area contributed by atoms with Crippen LogP contribution < -0.4 is 16.0 Å². The lowest BCUT2D eigenvalue weighted by molar-refractivity contribution is -0.142. The molecule has 2 amide bonds. The Labute approximate surface area is 189 Å². The van der Waals surface area contributed by atoms with E-state index in [1.54, 1.807) is 42.5 Å². The maximum Gasteiger partial charge on any atom is 0.376 e. The molecule has 0 bridgehead atoms. The van der Waals surface area contributed by atoms with Crippen molar-refractivity contribution < 1.29 is 27.6 Å². The zero-order chi connectivity index (χ0) is 24.0. The van der Waals surface area contributed by atoms with Gasteiger partial charge in [0.15, 0.2) is 0 Å². The van der Waals surface area contributed by atoms with Crippen LogP contribution in [0.1, 0.15) is 15.9 Å². The number of carbonyl (C=O) groups is 3. The molecule has 33 heavy (non-hydrogen) atoms. The van der Waals surface area contributed by atoms with Crippen molar-refractivity contribution in [3.63, 3.8) is 0 Å². The third-order valence-corrected chi connectivity index (χ3v) is 5.47. The fraction of sp³-hybridized carbons (Fsp3) is 0.143. The molecule has 0 saturated carbocycles. The first-order chi connectivity index (χ1) is 15.6. The molecule has 0 unspecified atom stereocenters. The first-order valence-corrected chi connectivity index (χ1v) is 11.2. The predicted octanol–water partition coefficient (Wildman–Crippen LogP) is 0.0662. The van der Waals surface area contributed by atoms with Crippen molar-refractivity contribution in [2.45, 2.75) is 11.3 Å². The number of carbonyl (C=O) groups excluding carboxylic acids is 3. The SMILES string of the molecule is CN1NOC(=O)/C1=C\C(=NC(=O)c1ccccc1)C(=O)NCCc1ccc(S(N)(=O)=O)cc1. The van der Waals surface area contributed by atoms with Crippen molar-refractivity contribution >= 4 is 33.5 Å². The van der Waals surface area contributed by atoms with Gasteiger partial charge in [0.1, 0.15) is 11.4 Å². The van der Waals surface area contributed by atoms with Crippen LogP contribution in [0.15, 0.2) is 76.3 Å². The third-order valence-electron chi connectivity index (χ3n) is 4.55. The lowest BCUT2D eigenvalue weighted by Crippen LogP contribution is -2.33. The molecule has 0 radical (unpaired) electrons.